The average molecular weight is 609 g/mol. The summed E-state index contributed by atoms with van der Waals surface area (Å²) in [6.07, 6.45) is 6.18. The highest BCUT2D eigenvalue weighted by Gasteiger charge is 2.24. The van der Waals surface area contributed by atoms with Crippen molar-refractivity contribution in [2.24, 2.45) is 0 Å². The van der Waals surface area contributed by atoms with Gasteiger partial charge in [-0.3, -0.25) is 15.0 Å². The average Bonchev–Trinajstić information content (AvgIpc) is 3.75. The van der Waals surface area contributed by atoms with Crippen LogP contribution in [0.5, 0.6) is 11.8 Å². The van der Waals surface area contributed by atoms with Gasteiger partial charge in [-0.2, -0.15) is 5.10 Å². The number of carbonyl (C=O) groups is 2. The van der Waals surface area contributed by atoms with E-state index in [4.69, 9.17) is 9.84 Å². The maximum absolute atomic E-state index is 12.9. The molecule has 11 nitrogen and oxygen atoms in total. The number of benzene rings is 2. The second-order valence-electron chi connectivity index (χ2n) is 11.5. The van der Waals surface area contributed by atoms with E-state index in [2.05, 4.69) is 46.4 Å². The molecule has 0 aliphatic carbocycles. The molecule has 12 heteroatoms. The Balaban J connectivity index is 1.08. The van der Waals surface area contributed by atoms with Crippen LogP contribution in [0.25, 0.3) is 16.1 Å². The van der Waals surface area contributed by atoms with Gasteiger partial charge in [-0.25, -0.2) is 24.4 Å². The standard InChI is InChI=1S/C32H32N8O3S/c1-20-7-11-23(12-8-20)40-27(16-26(38-40)32(2,3)4)37-29(42)36-22-17-33-30(34-18-22)43-24-13-9-21(10-14-24)25-19-35-31(44-25)39-15-5-6-28(39)41/h7-14,16-19H,5-6,15H2,1-4H3,(H2,36,37,42). The Kier molecular flexibility index (Phi) is 7.83. The molecule has 2 aromatic carbocycles. The summed E-state index contributed by atoms with van der Waals surface area (Å²) in [6.45, 7) is 8.96. The Bertz CT molecular complexity index is 1790. The fourth-order valence-corrected chi connectivity index (χ4v) is 5.56. The highest BCUT2D eigenvalue weighted by Crippen LogP contribution is 2.34. The van der Waals surface area contributed by atoms with Crippen molar-refractivity contribution in [2.75, 3.05) is 22.1 Å². The van der Waals surface area contributed by atoms with E-state index in [1.54, 1.807) is 15.8 Å². The third kappa shape index (κ3) is 6.45. The Morgan fingerprint density at radius 2 is 1.68 bits per heavy atom. The zero-order valence-electron chi connectivity index (χ0n) is 24.9. The van der Waals surface area contributed by atoms with Gasteiger partial charge in [0, 0.05) is 30.6 Å². The van der Waals surface area contributed by atoms with E-state index in [9.17, 15) is 9.59 Å². The lowest BCUT2D eigenvalue weighted by Crippen LogP contribution is -2.23. The van der Waals surface area contributed by atoms with Gasteiger partial charge >= 0.3 is 12.0 Å². The molecule has 4 heterocycles. The molecule has 0 saturated carbocycles. The smallest absolute Gasteiger partial charge is 0.324 e. The first-order valence-corrected chi connectivity index (χ1v) is 15.1. The van der Waals surface area contributed by atoms with Crippen LogP contribution in [-0.2, 0) is 10.2 Å². The van der Waals surface area contributed by atoms with Crippen molar-refractivity contribution in [1.82, 2.24) is 24.7 Å². The van der Waals surface area contributed by atoms with Crippen molar-refractivity contribution in [1.29, 1.82) is 0 Å². The maximum Gasteiger partial charge on any atom is 0.324 e. The Hall–Kier alpha value is -5.10. The van der Waals surface area contributed by atoms with Crippen molar-refractivity contribution in [3.63, 3.8) is 0 Å². The molecule has 0 unspecified atom stereocenters. The Morgan fingerprint density at radius 3 is 2.34 bits per heavy atom. The molecule has 6 rings (SSSR count). The molecule has 1 saturated heterocycles. The van der Waals surface area contributed by atoms with Crippen molar-refractivity contribution in [2.45, 2.75) is 46.0 Å². The number of hydrogen-bond donors (Lipinski definition) is 2. The summed E-state index contributed by atoms with van der Waals surface area (Å²) in [6, 6.07) is 17.0. The number of thiazole rings is 1. The molecule has 224 valence electrons. The van der Waals surface area contributed by atoms with Crippen molar-refractivity contribution in [3.05, 3.63) is 84.4 Å². The van der Waals surface area contributed by atoms with Gasteiger partial charge in [-0.05, 0) is 55.3 Å². The fraction of sp³-hybridized carbons (Fsp3) is 0.250. The molecular formula is C32H32N8O3S. The van der Waals surface area contributed by atoms with Crippen LogP contribution in [0.3, 0.4) is 0 Å². The number of nitrogens with zero attached hydrogens (tertiary/aromatic N) is 6. The predicted octanol–water partition coefficient (Wildman–Crippen LogP) is 6.95. The van der Waals surface area contributed by atoms with Crippen LogP contribution in [0.4, 0.5) is 21.4 Å². The lowest BCUT2D eigenvalue weighted by atomic mass is 9.92. The summed E-state index contributed by atoms with van der Waals surface area (Å²) in [4.78, 5) is 40.6. The van der Waals surface area contributed by atoms with Crippen LogP contribution in [0.15, 0.2) is 73.2 Å². The molecular weight excluding hydrogens is 576 g/mol. The molecule has 0 radical (unpaired) electrons. The van der Waals surface area contributed by atoms with Crippen molar-refractivity contribution < 1.29 is 14.3 Å². The monoisotopic (exact) mass is 608 g/mol. The normalized spacial score (nSPS) is 13.3. The van der Waals surface area contributed by atoms with E-state index in [1.807, 2.05) is 61.5 Å². The minimum Gasteiger partial charge on any atom is -0.424 e. The molecule has 1 fully saturated rings. The van der Waals surface area contributed by atoms with Crippen LogP contribution < -0.4 is 20.3 Å². The Morgan fingerprint density at radius 1 is 0.955 bits per heavy atom. The predicted molar refractivity (Wildman–Crippen MR) is 171 cm³/mol. The number of aryl methyl sites for hydroxylation is 1. The van der Waals surface area contributed by atoms with Crippen molar-refractivity contribution >= 4 is 39.9 Å². The molecule has 0 atom stereocenters. The van der Waals surface area contributed by atoms with Gasteiger partial charge in [0.05, 0.1) is 34.3 Å². The van der Waals surface area contributed by atoms with Crippen LogP contribution in [0, 0.1) is 6.92 Å². The summed E-state index contributed by atoms with van der Waals surface area (Å²) in [7, 11) is 0. The number of amides is 3. The second-order valence-corrected chi connectivity index (χ2v) is 12.5. The highest BCUT2D eigenvalue weighted by atomic mass is 32.1. The summed E-state index contributed by atoms with van der Waals surface area (Å²) >= 11 is 1.49. The van der Waals surface area contributed by atoms with Gasteiger partial charge in [0.2, 0.25) is 5.91 Å². The molecule has 2 N–H and O–H groups in total. The molecule has 0 bridgehead atoms. The van der Waals surface area contributed by atoms with Gasteiger partial charge in [0.25, 0.3) is 0 Å². The largest absolute Gasteiger partial charge is 0.424 e. The number of ether oxygens (including phenoxy) is 1. The van der Waals surface area contributed by atoms with Crippen LogP contribution in [0.1, 0.15) is 44.9 Å². The number of anilines is 3. The van der Waals surface area contributed by atoms with Gasteiger partial charge in [-0.1, -0.05) is 49.8 Å². The number of urea groups is 1. The number of hydrogen-bond acceptors (Lipinski definition) is 8. The van der Waals surface area contributed by atoms with Crippen molar-refractivity contribution in [3.8, 4) is 27.9 Å². The zero-order chi connectivity index (χ0) is 30.8. The summed E-state index contributed by atoms with van der Waals surface area (Å²) in [5.41, 5.74) is 4.00. The second kappa shape index (κ2) is 11.9. The summed E-state index contributed by atoms with van der Waals surface area (Å²) < 4.78 is 7.53. The summed E-state index contributed by atoms with van der Waals surface area (Å²) in [5.74, 6) is 1.22. The lowest BCUT2D eigenvalue weighted by Gasteiger charge is -2.14. The van der Waals surface area contributed by atoms with Gasteiger partial charge in [0.15, 0.2) is 5.13 Å². The summed E-state index contributed by atoms with van der Waals surface area (Å²) in [5, 5.41) is 11.1. The first-order valence-electron chi connectivity index (χ1n) is 14.2. The third-order valence-electron chi connectivity index (χ3n) is 7.03. The van der Waals surface area contributed by atoms with Crippen LogP contribution in [-0.4, -0.2) is 43.2 Å². The zero-order valence-corrected chi connectivity index (χ0v) is 25.7. The van der Waals surface area contributed by atoms with E-state index in [0.29, 0.717) is 23.7 Å². The van der Waals surface area contributed by atoms with E-state index in [1.165, 1.54) is 23.7 Å². The SMILES string of the molecule is Cc1ccc(-n2nc(C(C)(C)C)cc2NC(=O)Nc2cnc(Oc3ccc(-c4cnc(N5CCCC5=O)s4)cc3)nc2)cc1. The molecule has 3 aromatic heterocycles. The van der Waals surface area contributed by atoms with Gasteiger partial charge < -0.3 is 10.1 Å². The van der Waals surface area contributed by atoms with E-state index < -0.39 is 6.03 Å². The maximum atomic E-state index is 12.9. The van der Waals surface area contributed by atoms with E-state index in [-0.39, 0.29) is 17.3 Å². The molecule has 1 aliphatic heterocycles. The number of rotatable bonds is 7. The van der Waals surface area contributed by atoms with E-state index >= 15 is 0 Å². The van der Waals surface area contributed by atoms with Gasteiger partial charge in [0.1, 0.15) is 11.6 Å². The fourth-order valence-electron chi connectivity index (χ4n) is 4.60. The minimum absolute atomic E-state index is 0.122. The Labute approximate surface area is 259 Å². The number of aromatic nitrogens is 5. The first kappa shape index (κ1) is 29.0. The molecule has 1 aliphatic rings. The lowest BCUT2D eigenvalue weighted by molar-refractivity contribution is -0.117. The van der Waals surface area contributed by atoms with E-state index in [0.717, 1.165) is 45.5 Å². The number of nitrogens with one attached hydrogen (secondary N) is 2. The highest BCUT2D eigenvalue weighted by molar-refractivity contribution is 7.19. The quantitative estimate of drug-likeness (QED) is 0.205. The molecule has 5 aromatic rings. The molecule has 3 amide bonds. The number of carbonyl (C=O) groups excluding carboxylic acids is 2. The van der Waals surface area contributed by atoms with Crippen LogP contribution in [0.2, 0.25) is 0 Å². The molecule has 0 spiro atoms. The minimum atomic E-state index is -0.452. The third-order valence-corrected chi connectivity index (χ3v) is 8.10. The molecule has 44 heavy (non-hydrogen) atoms. The first-order chi connectivity index (χ1) is 21.1. The van der Waals surface area contributed by atoms with Gasteiger partial charge in [-0.15, -0.1) is 0 Å². The topological polar surface area (TPSA) is 127 Å². The van der Waals surface area contributed by atoms with Crippen LogP contribution >= 0.6 is 11.3 Å².